The third-order valence-electron chi connectivity index (χ3n) is 5.28. The van der Waals surface area contributed by atoms with Crippen LogP contribution in [0.5, 0.6) is 0 Å². The van der Waals surface area contributed by atoms with E-state index in [1.54, 1.807) is 28.8 Å². The lowest BCUT2D eigenvalue weighted by atomic mass is 10.2. The van der Waals surface area contributed by atoms with E-state index >= 15 is 0 Å². The van der Waals surface area contributed by atoms with E-state index in [0.717, 1.165) is 19.3 Å². The first-order chi connectivity index (χ1) is 14.6. The van der Waals surface area contributed by atoms with E-state index in [4.69, 9.17) is 14.5 Å². The van der Waals surface area contributed by atoms with Crippen molar-refractivity contribution in [2.24, 2.45) is 0 Å². The Bertz CT molecular complexity index is 1060. The van der Waals surface area contributed by atoms with Crippen LogP contribution in [0.2, 0.25) is 0 Å². The van der Waals surface area contributed by atoms with E-state index < -0.39 is 0 Å². The number of fused-ring (bicyclic) bond motifs is 1. The second-order valence-electron chi connectivity index (χ2n) is 7.46. The number of aromatic nitrogens is 2. The van der Waals surface area contributed by atoms with Crippen LogP contribution in [0.3, 0.4) is 0 Å². The minimum Gasteiger partial charge on any atom is -0.373 e. The molecule has 1 fully saturated rings. The minimum atomic E-state index is -0.384. The fourth-order valence-electron chi connectivity index (χ4n) is 3.73. The normalized spacial score (nSPS) is 17.7. The minimum absolute atomic E-state index is 0.133. The Morgan fingerprint density at radius 2 is 2.03 bits per heavy atom. The number of nitrogens with one attached hydrogen (secondary N) is 1. The summed E-state index contributed by atoms with van der Waals surface area (Å²) < 4.78 is 27.2. The lowest BCUT2D eigenvalue weighted by molar-refractivity contribution is -0.163. The highest BCUT2D eigenvalue weighted by Crippen LogP contribution is 2.21. The van der Waals surface area contributed by atoms with Gasteiger partial charge in [0.25, 0.3) is 5.56 Å². The Morgan fingerprint density at radius 1 is 1.23 bits per heavy atom. The molecule has 0 aliphatic carbocycles. The van der Waals surface area contributed by atoms with Crippen LogP contribution >= 0.6 is 0 Å². The topological polar surface area (TPSA) is 65.4 Å². The molecule has 0 spiro atoms. The van der Waals surface area contributed by atoms with Crippen molar-refractivity contribution in [2.75, 3.05) is 18.5 Å². The molecule has 3 aromatic rings. The molecular weight excluding hydrogens is 385 g/mol. The van der Waals surface area contributed by atoms with Crippen LogP contribution < -0.4 is 10.9 Å². The Balaban J connectivity index is 1.61. The standard InChI is InChI=1S/C23H26FN3O3/c1-16(25-20-11-5-3-9-18(20)24)22-26-19-10-4-2-8-17(19)23(28)27(22)13-15-30-21-12-6-7-14-29-21/h2-5,8-11,16,21,25H,6-7,12-15H2,1H3/t16-,21+/m0/s1. The Hall–Kier alpha value is -2.77. The molecule has 0 saturated carbocycles. The van der Waals surface area contributed by atoms with Gasteiger partial charge in [-0.05, 0) is 50.5 Å². The van der Waals surface area contributed by atoms with Gasteiger partial charge in [0.1, 0.15) is 11.6 Å². The first-order valence-corrected chi connectivity index (χ1v) is 10.4. The molecular formula is C23H26FN3O3. The fourth-order valence-corrected chi connectivity index (χ4v) is 3.73. The van der Waals surface area contributed by atoms with E-state index in [-0.39, 0.29) is 23.7 Å². The molecule has 158 valence electrons. The second kappa shape index (κ2) is 9.36. The van der Waals surface area contributed by atoms with Crippen molar-refractivity contribution < 1.29 is 13.9 Å². The zero-order valence-corrected chi connectivity index (χ0v) is 17.0. The molecule has 1 aliphatic rings. The molecule has 0 amide bonds. The van der Waals surface area contributed by atoms with Gasteiger partial charge >= 0.3 is 0 Å². The van der Waals surface area contributed by atoms with Crippen molar-refractivity contribution in [3.63, 3.8) is 0 Å². The lowest BCUT2D eigenvalue weighted by Gasteiger charge is -2.24. The average molecular weight is 411 g/mol. The molecule has 4 rings (SSSR count). The second-order valence-corrected chi connectivity index (χ2v) is 7.46. The van der Waals surface area contributed by atoms with Crippen LogP contribution in [-0.4, -0.2) is 29.1 Å². The SMILES string of the molecule is C[C@H](Nc1ccccc1F)c1nc2ccccc2c(=O)n1CCO[C@@H]1CCCCO1. The van der Waals surface area contributed by atoms with Crippen molar-refractivity contribution >= 4 is 16.6 Å². The molecule has 1 N–H and O–H groups in total. The van der Waals surface area contributed by atoms with Gasteiger partial charge in [-0.3, -0.25) is 9.36 Å². The summed E-state index contributed by atoms with van der Waals surface area (Å²) in [5.41, 5.74) is 0.851. The third-order valence-corrected chi connectivity index (χ3v) is 5.28. The highest BCUT2D eigenvalue weighted by Gasteiger charge is 2.19. The summed E-state index contributed by atoms with van der Waals surface area (Å²) in [6.45, 7) is 3.25. The van der Waals surface area contributed by atoms with Crippen molar-refractivity contribution in [1.82, 2.24) is 9.55 Å². The summed E-state index contributed by atoms with van der Waals surface area (Å²) >= 11 is 0. The highest BCUT2D eigenvalue weighted by molar-refractivity contribution is 5.77. The molecule has 1 aromatic heterocycles. The van der Waals surface area contributed by atoms with Crippen molar-refractivity contribution in [3.8, 4) is 0 Å². The molecule has 2 aromatic carbocycles. The monoisotopic (exact) mass is 411 g/mol. The van der Waals surface area contributed by atoms with E-state index in [9.17, 15) is 9.18 Å². The Morgan fingerprint density at radius 3 is 2.83 bits per heavy atom. The molecule has 6 nitrogen and oxygen atoms in total. The van der Waals surface area contributed by atoms with Crippen LogP contribution in [-0.2, 0) is 16.0 Å². The van der Waals surface area contributed by atoms with Gasteiger partial charge in [0, 0.05) is 6.61 Å². The Labute approximate surface area is 174 Å². The maximum Gasteiger partial charge on any atom is 0.261 e. The molecule has 0 unspecified atom stereocenters. The van der Waals surface area contributed by atoms with Crippen LogP contribution in [0.4, 0.5) is 10.1 Å². The quantitative estimate of drug-likeness (QED) is 0.630. The van der Waals surface area contributed by atoms with Gasteiger partial charge in [0.15, 0.2) is 6.29 Å². The summed E-state index contributed by atoms with van der Waals surface area (Å²) in [6.07, 6.45) is 2.78. The smallest absolute Gasteiger partial charge is 0.261 e. The number of benzene rings is 2. The lowest BCUT2D eigenvalue weighted by Crippen LogP contribution is -2.31. The number of para-hydroxylation sites is 2. The number of hydrogen-bond donors (Lipinski definition) is 1. The van der Waals surface area contributed by atoms with E-state index in [2.05, 4.69) is 5.32 Å². The summed E-state index contributed by atoms with van der Waals surface area (Å²) in [5, 5.41) is 3.69. The molecule has 0 radical (unpaired) electrons. The summed E-state index contributed by atoms with van der Waals surface area (Å²) in [6, 6.07) is 13.3. The molecule has 1 saturated heterocycles. The first kappa shape index (κ1) is 20.5. The van der Waals surface area contributed by atoms with Gasteiger partial charge < -0.3 is 14.8 Å². The average Bonchev–Trinajstić information content (AvgIpc) is 2.77. The zero-order chi connectivity index (χ0) is 20.9. The molecule has 1 aliphatic heterocycles. The van der Waals surface area contributed by atoms with Gasteiger partial charge in [-0.15, -0.1) is 0 Å². The maximum atomic E-state index is 14.1. The van der Waals surface area contributed by atoms with Gasteiger partial charge in [-0.25, -0.2) is 9.37 Å². The Kier molecular flexibility index (Phi) is 6.40. The number of hydrogen-bond acceptors (Lipinski definition) is 5. The summed E-state index contributed by atoms with van der Waals surface area (Å²) in [4.78, 5) is 17.9. The molecule has 7 heteroatoms. The molecule has 0 bridgehead atoms. The predicted octanol–water partition coefficient (Wildman–Crippen LogP) is 4.25. The van der Waals surface area contributed by atoms with Gasteiger partial charge in [-0.2, -0.15) is 0 Å². The van der Waals surface area contributed by atoms with Gasteiger partial charge in [0.05, 0.1) is 35.8 Å². The third kappa shape index (κ3) is 4.52. The molecule has 2 atom stereocenters. The summed E-state index contributed by atoms with van der Waals surface area (Å²) in [5.74, 6) is 0.187. The van der Waals surface area contributed by atoms with E-state index in [1.807, 2.05) is 25.1 Å². The van der Waals surface area contributed by atoms with E-state index in [0.29, 0.717) is 42.2 Å². The molecule has 2 heterocycles. The fraction of sp³-hybridized carbons (Fsp3) is 0.391. The summed E-state index contributed by atoms with van der Waals surface area (Å²) in [7, 11) is 0. The van der Waals surface area contributed by atoms with Crippen LogP contribution in [0.1, 0.15) is 38.1 Å². The van der Waals surface area contributed by atoms with Crippen molar-refractivity contribution in [2.45, 2.75) is 45.1 Å². The number of nitrogens with zero attached hydrogens (tertiary/aromatic N) is 2. The van der Waals surface area contributed by atoms with Crippen molar-refractivity contribution in [1.29, 1.82) is 0 Å². The highest BCUT2D eigenvalue weighted by atomic mass is 19.1. The number of halogens is 1. The van der Waals surface area contributed by atoms with Gasteiger partial charge in [-0.1, -0.05) is 24.3 Å². The zero-order valence-electron chi connectivity index (χ0n) is 17.0. The van der Waals surface area contributed by atoms with Crippen molar-refractivity contribution in [3.05, 3.63) is 70.5 Å². The van der Waals surface area contributed by atoms with Crippen LogP contribution in [0.15, 0.2) is 53.3 Å². The largest absolute Gasteiger partial charge is 0.373 e. The van der Waals surface area contributed by atoms with E-state index in [1.165, 1.54) is 6.07 Å². The number of anilines is 1. The predicted molar refractivity (Wildman–Crippen MR) is 114 cm³/mol. The molecule has 30 heavy (non-hydrogen) atoms. The van der Waals surface area contributed by atoms with Crippen LogP contribution in [0.25, 0.3) is 10.9 Å². The maximum absolute atomic E-state index is 14.1. The first-order valence-electron chi connectivity index (χ1n) is 10.4. The van der Waals surface area contributed by atoms with Gasteiger partial charge in [0.2, 0.25) is 0 Å². The van der Waals surface area contributed by atoms with Crippen LogP contribution in [0, 0.1) is 5.82 Å². The number of ether oxygens (including phenoxy) is 2. The number of rotatable bonds is 7.